The van der Waals surface area contributed by atoms with Gasteiger partial charge in [0.15, 0.2) is 0 Å². The van der Waals surface area contributed by atoms with Crippen LogP contribution in [-0.2, 0) is 12.8 Å². The van der Waals surface area contributed by atoms with Gasteiger partial charge in [0.05, 0.1) is 16.3 Å². The first kappa shape index (κ1) is 15.9. The number of thiazole rings is 1. The predicted molar refractivity (Wildman–Crippen MR) is 86.3 cm³/mol. The summed E-state index contributed by atoms with van der Waals surface area (Å²) in [5.74, 6) is -1.42. The first-order valence-electron chi connectivity index (χ1n) is 6.47. The van der Waals surface area contributed by atoms with Gasteiger partial charge in [0, 0.05) is 28.5 Å². The molecule has 1 aromatic carbocycles. The van der Waals surface area contributed by atoms with Crippen LogP contribution in [0, 0.1) is 5.82 Å². The Morgan fingerprint density at radius 2 is 2.29 bits per heavy atom. The number of halogens is 2. The maximum atomic E-state index is 13.8. The number of amides is 1. The van der Waals surface area contributed by atoms with Gasteiger partial charge < -0.3 is 11.1 Å². The molecular formula is C14H15BrFN3OS. The van der Waals surface area contributed by atoms with E-state index in [0.717, 1.165) is 11.4 Å². The fourth-order valence-corrected chi connectivity index (χ4v) is 3.19. The van der Waals surface area contributed by atoms with Gasteiger partial charge in [0.2, 0.25) is 0 Å². The van der Waals surface area contributed by atoms with E-state index >= 15 is 0 Å². The molecule has 4 nitrogen and oxygen atoms in total. The summed E-state index contributed by atoms with van der Waals surface area (Å²) in [7, 11) is 0. The molecule has 0 aliphatic carbocycles. The van der Waals surface area contributed by atoms with Gasteiger partial charge in [-0.2, -0.15) is 0 Å². The lowest BCUT2D eigenvalue weighted by atomic mass is 10.1. The highest BCUT2D eigenvalue weighted by Crippen LogP contribution is 2.24. The summed E-state index contributed by atoms with van der Waals surface area (Å²) in [4.78, 5) is 16.9. The summed E-state index contributed by atoms with van der Waals surface area (Å²) < 4.78 is 14.3. The fraction of sp³-hybridized carbons (Fsp3) is 0.286. The number of hydrogen-bond acceptors (Lipinski definition) is 4. The number of carbonyl (C=O) groups excluding carboxylic acids is 1. The van der Waals surface area contributed by atoms with Crippen molar-refractivity contribution < 1.29 is 9.18 Å². The van der Waals surface area contributed by atoms with Crippen LogP contribution in [0.4, 0.5) is 10.1 Å². The van der Waals surface area contributed by atoms with E-state index in [9.17, 15) is 9.18 Å². The number of aryl methyl sites for hydroxylation is 1. The van der Waals surface area contributed by atoms with E-state index in [1.165, 1.54) is 10.9 Å². The molecule has 0 aliphatic heterocycles. The standard InChI is InChI=1S/C14H15BrFN3OS/c1-2-9-7-19-12(21-9)3-4-18-11-6-8(15)5-10(16)13(11)14(17)20/h5-7,18H,2-4H2,1H3,(H2,17,20). The molecule has 112 valence electrons. The summed E-state index contributed by atoms with van der Waals surface area (Å²) in [5.41, 5.74) is 5.50. The third-order valence-corrected chi connectivity index (χ3v) is 4.56. The number of benzene rings is 1. The lowest BCUT2D eigenvalue weighted by Gasteiger charge is -2.11. The van der Waals surface area contributed by atoms with E-state index in [0.29, 0.717) is 23.1 Å². The lowest BCUT2D eigenvalue weighted by molar-refractivity contribution is 0.0997. The molecule has 1 aromatic heterocycles. The van der Waals surface area contributed by atoms with E-state index in [1.54, 1.807) is 17.4 Å². The third-order valence-electron chi connectivity index (χ3n) is 2.91. The van der Waals surface area contributed by atoms with E-state index in [2.05, 4.69) is 33.2 Å². The van der Waals surface area contributed by atoms with Crippen molar-refractivity contribution in [3.63, 3.8) is 0 Å². The monoisotopic (exact) mass is 371 g/mol. The van der Waals surface area contributed by atoms with E-state index < -0.39 is 11.7 Å². The molecule has 0 atom stereocenters. The highest BCUT2D eigenvalue weighted by Gasteiger charge is 2.15. The Labute approximate surface area is 134 Å². The van der Waals surface area contributed by atoms with Crippen molar-refractivity contribution in [1.82, 2.24) is 4.98 Å². The van der Waals surface area contributed by atoms with Crippen molar-refractivity contribution in [3.05, 3.63) is 44.1 Å². The molecule has 21 heavy (non-hydrogen) atoms. The number of nitrogens with two attached hydrogens (primary N) is 1. The molecule has 0 aliphatic rings. The molecule has 3 N–H and O–H groups in total. The third kappa shape index (κ3) is 4.01. The van der Waals surface area contributed by atoms with E-state index in [4.69, 9.17) is 5.73 Å². The molecule has 0 saturated heterocycles. The number of aromatic nitrogens is 1. The van der Waals surface area contributed by atoms with Crippen molar-refractivity contribution in [2.45, 2.75) is 19.8 Å². The second-order valence-corrected chi connectivity index (χ2v) is 6.54. The van der Waals surface area contributed by atoms with E-state index in [1.807, 2.05) is 6.20 Å². The van der Waals surface area contributed by atoms with Crippen LogP contribution in [0.1, 0.15) is 27.2 Å². The van der Waals surface area contributed by atoms with Gasteiger partial charge >= 0.3 is 0 Å². The second-order valence-electron chi connectivity index (χ2n) is 4.43. The second kappa shape index (κ2) is 7.00. The molecule has 2 rings (SSSR count). The Bertz CT molecular complexity index is 660. The van der Waals surface area contributed by atoms with Crippen LogP contribution >= 0.6 is 27.3 Å². The van der Waals surface area contributed by atoms with Crippen molar-refractivity contribution in [3.8, 4) is 0 Å². The van der Waals surface area contributed by atoms with Crippen molar-refractivity contribution in [2.24, 2.45) is 5.73 Å². The van der Waals surface area contributed by atoms with Crippen molar-refractivity contribution in [2.75, 3.05) is 11.9 Å². The Balaban J connectivity index is 2.07. The van der Waals surface area contributed by atoms with Gasteiger partial charge in [0.1, 0.15) is 5.82 Å². The normalized spacial score (nSPS) is 10.6. The van der Waals surface area contributed by atoms with Gasteiger partial charge in [-0.25, -0.2) is 9.37 Å². The molecule has 7 heteroatoms. The van der Waals surface area contributed by atoms with Gasteiger partial charge in [-0.3, -0.25) is 4.79 Å². The average Bonchev–Trinajstić information content (AvgIpc) is 2.85. The van der Waals surface area contributed by atoms with E-state index in [-0.39, 0.29) is 5.56 Å². The molecule has 1 amide bonds. The number of rotatable bonds is 6. The summed E-state index contributed by atoms with van der Waals surface area (Å²) in [5, 5.41) is 4.06. The molecule has 0 spiro atoms. The zero-order chi connectivity index (χ0) is 15.4. The SMILES string of the molecule is CCc1cnc(CCNc2cc(Br)cc(F)c2C(N)=O)s1. The predicted octanol–water partition coefficient (Wildman–Crippen LogP) is 3.36. The number of nitrogens with zero attached hydrogens (tertiary/aromatic N) is 1. The highest BCUT2D eigenvalue weighted by molar-refractivity contribution is 9.10. The topological polar surface area (TPSA) is 68.0 Å². The van der Waals surface area contributed by atoms with Gasteiger partial charge in [-0.05, 0) is 18.6 Å². The zero-order valence-corrected chi connectivity index (χ0v) is 13.9. The van der Waals surface area contributed by atoms with Crippen LogP contribution in [0.3, 0.4) is 0 Å². The molecule has 0 saturated carbocycles. The summed E-state index contributed by atoms with van der Waals surface area (Å²) in [6, 6.07) is 2.86. The molecule has 2 aromatic rings. The van der Waals surface area contributed by atoms with Crippen LogP contribution in [0.2, 0.25) is 0 Å². The fourth-order valence-electron chi connectivity index (χ4n) is 1.89. The number of hydrogen-bond donors (Lipinski definition) is 2. The Morgan fingerprint density at radius 1 is 1.52 bits per heavy atom. The van der Waals surface area contributed by atoms with Crippen LogP contribution in [-0.4, -0.2) is 17.4 Å². The Kier molecular flexibility index (Phi) is 5.30. The van der Waals surface area contributed by atoms with Gasteiger partial charge in [-0.1, -0.05) is 22.9 Å². The highest BCUT2D eigenvalue weighted by atomic mass is 79.9. The zero-order valence-electron chi connectivity index (χ0n) is 11.5. The summed E-state index contributed by atoms with van der Waals surface area (Å²) >= 11 is 4.86. The molecular weight excluding hydrogens is 357 g/mol. The smallest absolute Gasteiger partial charge is 0.253 e. The minimum atomic E-state index is -0.787. The first-order valence-corrected chi connectivity index (χ1v) is 8.08. The number of primary amides is 1. The summed E-state index contributed by atoms with van der Waals surface area (Å²) in [6.45, 7) is 2.63. The molecule has 1 heterocycles. The minimum absolute atomic E-state index is 0.119. The number of carbonyl (C=O) groups is 1. The quantitative estimate of drug-likeness (QED) is 0.817. The van der Waals surface area contributed by atoms with Crippen LogP contribution in [0.5, 0.6) is 0 Å². The number of anilines is 1. The first-order chi connectivity index (χ1) is 10.0. The van der Waals surface area contributed by atoms with Gasteiger partial charge in [0.25, 0.3) is 5.91 Å². The average molecular weight is 372 g/mol. The molecule has 0 radical (unpaired) electrons. The largest absolute Gasteiger partial charge is 0.384 e. The molecule has 0 bridgehead atoms. The minimum Gasteiger partial charge on any atom is -0.384 e. The number of nitrogens with one attached hydrogen (secondary N) is 1. The maximum Gasteiger partial charge on any atom is 0.253 e. The van der Waals surface area contributed by atoms with Crippen LogP contribution in [0.15, 0.2) is 22.8 Å². The lowest BCUT2D eigenvalue weighted by Crippen LogP contribution is -2.17. The van der Waals surface area contributed by atoms with Crippen LogP contribution in [0.25, 0.3) is 0 Å². The molecule has 0 fully saturated rings. The molecule has 0 unspecified atom stereocenters. The Hall–Kier alpha value is -1.47. The van der Waals surface area contributed by atoms with Crippen molar-refractivity contribution >= 4 is 38.9 Å². The van der Waals surface area contributed by atoms with Crippen LogP contribution < -0.4 is 11.1 Å². The maximum absolute atomic E-state index is 13.8. The van der Waals surface area contributed by atoms with Crippen molar-refractivity contribution in [1.29, 1.82) is 0 Å². The summed E-state index contributed by atoms with van der Waals surface area (Å²) in [6.07, 6.45) is 3.54. The Morgan fingerprint density at radius 3 is 2.90 bits per heavy atom. The van der Waals surface area contributed by atoms with Gasteiger partial charge in [-0.15, -0.1) is 11.3 Å².